The maximum atomic E-state index is 13.0. The summed E-state index contributed by atoms with van der Waals surface area (Å²) in [4.78, 5) is 9.96. The molecule has 0 aromatic heterocycles. The third-order valence-electron chi connectivity index (χ3n) is 6.81. The van der Waals surface area contributed by atoms with Gasteiger partial charge in [0.1, 0.15) is 0 Å². The Balaban J connectivity index is 1.37. The Kier molecular flexibility index (Phi) is 8.19. The van der Waals surface area contributed by atoms with Gasteiger partial charge in [-0.25, -0.2) is 13.1 Å². The van der Waals surface area contributed by atoms with Crippen LogP contribution in [0.15, 0.2) is 82.4 Å². The van der Waals surface area contributed by atoms with Crippen LogP contribution in [0.5, 0.6) is 0 Å². The maximum absolute atomic E-state index is 13.0. The second-order valence-corrected chi connectivity index (χ2v) is 11.0. The van der Waals surface area contributed by atoms with E-state index >= 15 is 0 Å². The van der Waals surface area contributed by atoms with Crippen LogP contribution in [0.4, 0.5) is 0 Å². The van der Waals surface area contributed by atoms with E-state index in [0.717, 1.165) is 63.2 Å². The molecule has 1 saturated heterocycles. The lowest BCUT2D eigenvalue weighted by atomic mass is 9.90. The van der Waals surface area contributed by atoms with Gasteiger partial charge in [-0.3, -0.25) is 4.99 Å². The summed E-state index contributed by atoms with van der Waals surface area (Å²) < 4.78 is 29.0. The number of hydrogen-bond donors (Lipinski definition) is 1. The number of nitrogens with one attached hydrogen (secondary N) is 1. The number of rotatable bonds is 9. The van der Waals surface area contributed by atoms with E-state index in [1.54, 1.807) is 24.3 Å². The fourth-order valence-electron chi connectivity index (χ4n) is 4.87. The van der Waals surface area contributed by atoms with Gasteiger partial charge in [0.25, 0.3) is 0 Å². The minimum absolute atomic E-state index is 0.266. The van der Waals surface area contributed by atoms with Gasteiger partial charge in [0.2, 0.25) is 10.0 Å². The minimum atomic E-state index is -3.59. The van der Waals surface area contributed by atoms with Crippen LogP contribution in [0.1, 0.15) is 44.7 Å². The van der Waals surface area contributed by atoms with Gasteiger partial charge < -0.3 is 9.80 Å². The molecule has 2 heterocycles. The summed E-state index contributed by atoms with van der Waals surface area (Å²) in [5.74, 6) is 0.537. The molecule has 1 atom stereocenters. The first-order valence-corrected chi connectivity index (χ1v) is 13.8. The highest BCUT2D eigenvalue weighted by atomic mass is 32.2. The quantitative estimate of drug-likeness (QED) is 0.576. The molecule has 34 heavy (non-hydrogen) atoms. The van der Waals surface area contributed by atoms with Gasteiger partial charge in [0, 0.05) is 30.4 Å². The summed E-state index contributed by atoms with van der Waals surface area (Å²) in [6.07, 6.45) is 5.09. The largest absolute Gasteiger partial charge is 0.371 e. The van der Waals surface area contributed by atoms with E-state index in [1.165, 1.54) is 5.71 Å². The Morgan fingerprint density at radius 2 is 1.68 bits per heavy atom. The molecule has 0 radical (unpaired) electrons. The predicted octanol–water partition coefficient (Wildman–Crippen LogP) is 4.45. The molecule has 2 aromatic carbocycles. The Morgan fingerprint density at radius 3 is 2.32 bits per heavy atom. The van der Waals surface area contributed by atoms with Gasteiger partial charge in [0.15, 0.2) is 0 Å². The molecule has 0 amide bonds. The first-order valence-electron chi connectivity index (χ1n) is 12.3. The number of benzene rings is 2. The van der Waals surface area contributed by atoms with Gasteiger partial charge in [-0.05, 0) is 70.4 Å². The van der Waals surface area contributed by atoms with E-state index in [0.29, 0.717) is 10.8 Å². The van der Waals surface area contributed by atoms with Crippen molar-refractivity contribution in [2.45, 2.75) is 44.0 Å². The number of piperidine rings is 1. The summed E-state index contributed by atoms with van der Waals surface area (Å²) in [5.41, 5.74) is 3.41. The summed E-state index contributed by atoms with van der Waals surface area (Å²) >= 11 is 0. The van der Waals surface area contributed by atoms with Crippen molar-refractivity contribution in [3.05, 3.63) is 78.1 Å². The van der Waals surface area contributed by atoms with Crippen LogP contribution in [0.2, 0.25) is 0 Å². The van der Waals surface area contributed by atoms with Gasteiger partial charge in [-0.15, -0.1) is 0 Å². The third kappa shape index (κ3) is 6.34. The second-order valence-electron chi connectivity index (χ2n) is 9.24. The standard InChI is InChI=1S/C27H36N4O2S/c1-3-30-20-22(2)28-27(21-30)24-14-17-31(18-15-24)19-16-26(23-10-6-4-7-11-23)29-34(32,33)25-12-8-5-9-13-25/h4-13,20,24,26,29H,3,14-19,21H2,1-2H3/t26-/m0/s1. The molecule has 2 aliphatic heterocycles. The van der Waals surface area contributed by atoms with Crippen molar-refractivity contribution in [2.24, 2.45) is 10.9 Å². The summed E-state index contributed by atoms with van der Waals surface area (Å²) in [6, 6.07) is 18.2. The monoisotopic (exact) mass is 480 g/mol. The number of hydrogen-bond acceptors (Lipinski definition) is 5. The first-order chi connectivity index (χ1) is 16.4. The maximum Gasteiger partial charge on any atom is 0.241 e. The topological polar surface area (TPSA) is 65.0 Å². The van der Waals surface area contributed by atoms with Crippen LogP contribution in [-0.2, 0) is 10.0 Å². The molecular weight excluding hydrogens is 444 g/mol. The smallest absolute Gasteiger partial charge is 0.241 e. The van der Waals surface area contributed by atoms with Gasteiger partial charge >= 0.3 is 0 Å². The molecule has 2 aliphatic rings. The summed E-state index contributed by atoms with van der Waals surface area (Å²) in [5, 5.41) is 0. The van der Waals surface area contributed by atoms with Crippen molar-refractivity contribution < 1.29 is 8.42 Å². The Hall–Kier alpha value is -2.48. The fraction of sp³-hybridized carbons (Fsp3) is 0.444. The van der Waals surface area contributed by atoms with Gasteiger partial charge in [0.05, 0.1) is 17.1 Å². The van der Waals surface area contributed by atoms with Gasteiger partial charge in [-0.1, -0.05) is 48.5 Å². The molecular formula is C27H36N4O2S. The summed E-state index contributed by atoms with van der Waals surface area (Å²) in [7, 11) is -3.59. The number of likely N-dealkylation sites (tertiary alicyclic amines) is 1. The highest BCUT2D eigenvalue weighted by Crippen LogP contribution is 2.25. The molecule has 6 nitrogen and oxygen atoms in total. The number of allylic oxidation sites excluding steroid dienone is 1. The highest BCUT2D eigenvalue weighted by molar-refractivity contribution is 7.89. The van der Waals surface area contributed by atoms with Crippen molar-refractivity contribution in [3.8, 4) is 0 Å². The fourth-order valence-corrected chi connectivity index (χ4v) is 6.15. The van der Waals surface area contributed by atoms with Crippen molar-refractivity contribution in [1.82, 2.24) is 14.5 Å². The minimum Gasteiger partial charge on any atom is -0.371 e. The van der Waals surface area contributed by atoms with E-state index < -0.39 is 10.0 Å². The Morgan fingerprint density at radius 1 is 1.03 bits per heavy atom. The second kappa shape index (κ2) is 11.3. The van der Waals surface area contributed by atoms with Crippen LogP contribution in [-0.4, -0.2) is 56.7 Å². The van der Waals surface area contributed by atoms with Crippen LogP contribution in [0.3, 0.4) is 0 Å². The molecule has 7 heteroatoms. The number of aliphatic imine (C=N–C) groups is 1. The molecule has 0 unspecified atom stereocenters. The van der Waals surface area contributed by atoms with Crippen molar-refractivity contribution in [1.29, 1.82) is 0 Å². The predicted molar refractivity (Wildman–Crippen MR) is 138 cm³/mol. The lowest BCUT2D eigenvalue weighted by Crippen LogP contribution is -2.41. The molecule has 182 valence electrons. The first kappa shape index (κ1) is 24.6. The van der Waals surface area contributed by atoms with Crippen molar-refractivity contribution in [3.63, 3.8) is 0 Å². The third-order valence-corrected chi connectivity index (χ3v) is 8.29. The Labute approximate surface area is 204 Å². The van der Waals surface area contributed by atoms with E-state index in [4.69, 9.17) is 4.99 Å². The highest BCUT2D eigenvalue weighted by Gasteiger charge is 2.27. The lowest BCUT2D eigenvalue weighted by molar-refractivity contribution is 0.200. The molecule has 0 aliphatic carbocycles. The van der Waals surface area contributed by atoms with Gasteiger partial charge in [-0.2, -0.15) is 0 Å². The van der Waals surface area contributed by atoms with E-state index in [2.05, 4.69) is 34.6 Å². The van der Waals surface area contributed by atoms with Crippen LogP contribution < -0.4 is 4.72 Å². The molecule has 1 fully saturated rings. The summed E-state index contributed by atoms with van der Waals surface area (Å²) in [6.45, 7) is 9.11. The van der Waals surface area contributed by atoms with E-state index in [1.807, 2.05) is 36.4 Å². The van der Waals surface area contributed by atoms with E-state index in [-0.39, 0.29) is 6.04 Å². The average molecular weight is 481 g/mol. The van der Waals surface area contributed by atoms with Crippen LogP contribution in [0, 0.1) is 5.92 Å². The molecule has 0 spiro atoms. The normalized spacial score (nSPS) is 18.9. The molecule has 1 N–H and O–H groups in total. The zero-order chi connectivity index (χ0) is 24.0. The molecule has 0 bridgehead atoms. The Bertz CT molecular complexity index is 1090. The SMILES string of the molecule is CCN1C=C(C)N=C(C2CCN(CC[C@H](NS(=O)(=O)c3ccccc3)c3ccccc3)CC2)C1. The van der Waals surface area contributed by atoms with E-state index in [9.17, 15) is 8.42 Å². The molecule has 2 aromatic rings. The molecule has 4 rings (SSSR count). The number of sulfonamides is 1. The zero-order valence-electron chi connectivity index (χ0n) is 20.2. The van der Waals surface area contributed by atoms with Crippen molar-refractivity contribution >= 4 is 15.7 Å². The zero-order valence-corrected chi connectivity index (χ0v) is 21.0. The van der Waals surface area contributed by atoms with Crippen LogP contribution in [0.25, 0.3) is 0 Å². The average Bonchev–Trinajstić information content (AvgIpc) is 2.87. The number of nitrogens with zero attached hydrogens (tertiary/aromatic N) is 3. The van der Waals surface area contributed by atoms with Crippen LogP contribution >= 0.6 is 0 Å². The molecule has 0 saturated carbocycles. The van der Waals surface area contributed by atoms with Crippen molar-refractivity contribution in [2.75, 3.05) is 32.7 Å². The lowest BCUT2D eigenvalue weighted by Gasteiger charge is -2.35.